The van der Waals surface area contributed by atoms with Crippen molar-refractivity contribution in [2.45, 2.75) is 6.92 Å². The van der Waals surface area contributed by atoms with Gasteiger partial charge in [-0.1, -0.05) is 23.7 Å². The van der Waals surface area contributed by atoms with E-state index in [0.29, 0.717) is 0 Å². The van der Waals surface area contributed by atoms with Crippen molar-refractivity contribution in [3.8, 4) is 11.3 Å². The van der Waals surface area contributed by atoms with Gasteiger partial charge >= 0.3 is 0 Å². The van der Waals surface area contributed by atoms with Crippen LogP contribution in [0.15, 0.2) is 41.0 Å². The number of furan rings is 1. The van der Waals surface area contributed by atoms with Crippen LogP contribution in [0.2, 0.25) is 5.02 Å². The van der Waals surface area contributed by atoms with E-state index in [4.69, 9.17) is 16.0 Å². The third kappa shape index (κ3) is 1.47. The minimum absolute atomic E-state index is 0.731. The van der Waals surface area contributed by atoms with Crippen molar-refractivity contribution < 1.29 is 4.42 Å². The second-order valence-corrected chi connectivity index (χ2v) is 3.32. The minimum atomic E-state index is 0.731. The molecule has 2 heteroatoms. The topological polar surface area (TPSA) is 13.1 Å². The predicted octanol–water partition coefficient (Wildman–Crippen LogP) is 3.91. The SMILES string of the molecule is Cc1cccc(Cl)c1-c1ccco1. The van der Waals surface area contributed by atoms with Gasteiger partial charge in [-0.05, 0) is 30.7 Å². The van der Waals surface area contributed by atoms with E-state index in [0.717, 1.165) is 21.9 Å². The number of hydrogen-bond donors (Lipinski definition) is 0. The van der Waals surface area contributed by atoms with Crippen LogP contribution in [-0.4, -0.2) is 0 Å². The summed E-state index contributed by atoms with van der Waals surface area (Å²) >= 11 is 6.06. The lowest BCUT2D eigenvalue weighted by atomic mass is 10.1. The van der Waals surface area contributed by atoms with Crippen molar-refractivity contribution in [3.05, 3.63) is 47.2 Å². The molecule has 0 unspecified atom stereocenters. The first-order valence-electron chi connectivity index (χ1n) is 4.08. The molecule has 1 heterocycles. The molecule has 1 nitrogen and oxygen atoms in total. The summed E-state index contributed by atoms with van der Waals surface area (Å²) in [5.41, 5.74) is 2.11. The monoisotopic (exact) mass is 192 g/mol. The highest BCUT2D eigenvalue weighted by atomic mass is 35.5. The molecule has 0 radical (unpaired) electrons. The number of aryl methyl sites for hydroxylation is 1. The lowest BCUT2D eigenvalue weighted by molar-refractivity contribution is 0.582. The Bertz CT molecular complexity index is 384. The molecular weight excluding hydrogens is 184 g/mol. The standard InChI is InChI=1S/C11H9ClO/c1-8-4-2-5-9(12)11(8)10-6-3-7-13-10/h2-7H,1H3. The van der Waals surface area contributed by atoms with Crippen molar-refractivity contribution in [2.75, 3.05) is 0 Å². The van der Waals surface area contributed by atoms with E-state index < -0.39 is 0 Å². The Hall–Kier alpha value is -1.21. The van der Waals surface area contributed by atoms with Crippen molar-refractivity contribution in [1.82, 2.24) is 0 Å². The smallest absolute Gasteiger partial charge is 0.135 e. The van der Waals surface area contributed by atoms with Crippen LogP contribution in [0.4, 0.5) is 0 Å². The van der Waals surface area contributed by atoms with Gasteiger partial charge < -0.3 is 4.42 Å². The number of rotatable bonds is 1. The highest BCUT2D eigenvalue weighted by Crippen LogP contribution is 2.30. The maximum Gasteiger partial charge on any atom is 0.135 e. The largest absolute Gasteiger partial charge is 0.464 e. The van der Waals surface area contributed by atoms with Crippen LogP contribution < -0.4 is 0 Å². The molecule has 2 aromatic rings. The lowest BCUT2D eigenvalue weighted by Crippen LogP contribution is -1.81. The van der Waals surface area contributed by atoms with Gasteiger partial charge in [-0.3, -0.25) is 0 Å². The zero-order chi connectivity index (χ0) is 9.26. The average Bonchev–Trinajstić information content (AvgIpc) is 2.57. The summed E-state index contributed by atoms with van der Waals surface area (Å²) in [6.07, 6.45) is 1.65. The Morgan fingerprint density at radius 1 is 1.15 bits per heavy atom. The van der Waals surface area contributed by atoms with Crippen LogP contribution in [0.5, 0.6) is 0 Å². The molecule has 0 aliphatic carbocycles. The third-order valence-electron chi connectivity index (χ3n) is 1.99. The molecule has 2 rings (SSSR count). The average molecular weight is 193 g/mol. The van der Waals surface area contributed by atoms with Gasteiger partial charge in [0.15, 0.2) is 0 Å². The van der Waals surface area contributed by atoms with Crippen LogP contribution in [0.1, 0.15) is 5.56 Å². The second-order valence-electron chi connectivity index (χ2n) is 2.91. The summed E-state index contributed by atoms with van der Waals surface area (Å²) in [5.74, 6) is 0.822. The van der Waals surface area contributed by atoms with E-state index >= 15 is 0 Å². The molecule has 0 aliphatic rings. The van der Waals surface area contributed by atoms with Gasteiger partial charge in [-0.2, -0.15) is 0 Å². The van der Waals surface area contributed by atoms with Crippen LogP contribution in [0.3, 0.4) is 0 Å². The van der Waals surface area contributed by atoms with Gasteiger partial charge in [-0.15, -0.1) is 0 Å². The first-order valence-corrected chi connectivity index (χ1v) is 4.46. The summed E-state index contributed by atoms with van der Waals surface area (Å²) < 4.78 is 5.30. The van der Waals surface area contributed by atoms with E-state index in [1.165, 1.54) is 0 Å². The Balaban J connectivity index is 2.64. The Morgan fingerprint density at radius 2 is 2.00 bits per heavy atom. The Labute approximate surface area is 82.0 Å². The van der Waals surface area contributed by atoms with Crippen LogP contribution in [-0.2, 0) is 0 Å². The number of benzene rings is 1. The molecule has 13 heavy (non-hydrogen) atoms. The zero-order valence-electron chi connectivity index (χ0n) is 7.25. The zero-order valence-corrected chi connectivity index (χ0v) is 8.01. The van der Waals surface area contributed by atoms with Gasteiger partial charge in [0, 0.05) is 5.56 Å². The molecule has 0 amide bonds. The number of hydrogen-bond acceptors (Lipinski definition) is 1. The fourth-order valence-electron chi connectivity index (χ4n) is 1.36. The van der Waals surface area contributed by atoms with E-state index in [2.05, 4.69) is 0 Å². The summed E-state index contributed by atoms with van der Waals surface area (Å²) in [5, 5.41) is 0.731. The van der Waals surface area contributed by atoms with Crippen LogP contribution in [0, 0.1) is 6.92 Å². The molecule has 1 aromatic carbocycles. The normalized spacial score (nSPS) is 10.3. The highest BCUT2D eigenvalue weighted by Gasteiger charge is 2.07. The first kappa shape index (κ1) is 8.39. The first-order chi connectivity index (χ1) is 6.29. The maximum absolute atomic E-state index is 6.06. The molecule has 0 saturated heterocycles. The molecule has 0 atom stereocenters. The summed E-state index contributed by atoms with van der Waals surface area (Å²) in [7, 11) is 0. The Morgan fingerprint density at radius 3 is 2.62 bits per heavy atom. The molecule has 66 valence electrons. The molecule has 0 fully saturated rings. The predicted molar refractivity (Wildman–Crippen MR) is 53.9 cm³/mol. The van der Waals surface area contributed by atoms with Gasteiger partial charge in [0.1, 0.15) is 5.76 Å². The van der Waals surface area contributed by atoms with E-state index in [9.17, 15) is 0 Å². The highest BCUT2D eigenvalue weighted by molar-refractivity contribution is 6.33. The minimum Gasteiger partial charge on any atom is -0.464 e. The lowest BCUT2D eigenvalue weighted by Gasteiger charge is -2.03. The molecular formula is C11H9ClO. The van der Waals surface area contributed by atoms with Crippen molar-refractivity contribution in [1.29, 1.82) is 0 Å². The molecule has 0 N–H and O–H groups in total. The number of halogens is 1. The summed E-state index contributed by atoms with van der Waals surface area (Å²) in [4.78, 5) is 0. The maximum atomic E-state index is 6.06. The summed E-state index contributed by atoms with van der Waals surface area (Å²) in [6, 6.07) is 9.59. The fourth-order valence-corrected chi connectivity index (χ4v) is 1.68. The fraction of sp³-hybridized carbons (Fsp3) is 0.0909. The molecule has 0 spiro atoms. The van der Waals surface area contributed by atoms with Gasteiger partial charge in [0.05, 0.1) is 11.3 Å². The van der Waals surface area contributed by atoms with Crippen molar-refractivity contribution >= 4 is 11.6 Å². The third-order valence-corrected chi connectivity index (χ3v) is 2.30. The van der Waals surface area contributed by atoms with E-state index in [-0.39, 0.29) is 0 Å². The Kier molecular flexibility index (Phi) is 2.11. The van der Waals surface area contributed by atoms with E-state index in [1.807, 2.05) is 37.3 Å². The molecule has 0 bridgehead atoms. The van der Waals surface area contributed by atoms with Gasteiger partial charge in [-0.25, -0.2) is 0 Å². The second kappa shape index (κ2) is 3.27. The van der Waals surface area contributed by atoms with E-state index in [1.54, 1.807) is 6.26 Å². The molecule has 1 aromatic heterocycles. The van der Waals surface area contributed by atoms with Crippen LogP contribution in [0.25, 0.3) is 11.3 Å². The molecule has 0 saturated carbocycles. The van der Waals surface area contributed by atoms with Gasteiger partial charge in [0.2, 0.25) is 0 Å². The molecule has 0 aliphatic heterocycles. The summed E-state index contributed by atoms with van der Waals surface area (Å²) in [6.45, 7) is 2.02. The van der Waals surface area contributed by atoms with Crippen LogP contribution >= 0.6 is 11.6 Å². The quantitative estimate of drug-likeness (QED) is 0.668. The van der Waals surface area contributed by atoms with Crippen molar-refractivity contribution in [2.24, 2.45) is 0 Å². The van der Waals surface area contributed by atoms with Gasteiger partial charge in [0.25, 0.3) is 0 Å². The van der Waals surface area contributed by atoms with Crippen molar-refractivity contribution in [3.63, 3.8) is 0 Å².